The molecule has 0 saturated heterocycles. The molecule has 6 heteroatoms. The lowest BCUT2D eigenvalue weighted by molar-refractivity contribution is 0.407. The van der Waals surface area contributed by atoms with Gasteiger partial charge in [0.2, 0.25) is 5.09 Å². The van der Waals surface area contributed by atoms with E-state index in [1.54, 1.807) is 13.1 Å². The van der Waals surface area contributed by atoms with Crippen molar-refractivity contribution in [2.75, 3.05) is 7.05 Å². The van der Waals surface area contributed by atoms with Crippen LogP contribution in [0.2, 0.25) is 0 Å². The molecule has 1 heterocycles. The number of rotatable bonds is 3. The highest BCUT2D eigenvalue weighted by molar-refractivity contribution is 7.89. The van der Waals surface area contributed by atoms with Crippen molar-refractivity contribution in [3.63, 3.8) is 0 Å². The zero-order valence-electron chi connectivity index (χ0n) is 6.57. The Morgan fingerprint density at radius 1 is 1.58 bits per heavy atom. The Labute approximate surface area is 70.6 Å². The van der Waals surface area contributed by atoms with Crippen LogP contribution in [-0.2, 0) is 16.6 Å². The molecule has 0 atom stereocenters. The maximum Gasteiger partial charge on any atom is 0.271 e. The van der Waals surface area contributed by atoms with Crippen molar-refractivity contribution in [3.8, 4) is 0 Å². The number of hydrogen-bond acceptors (Lipinski definition) is 4. The van der Waals surface area contributed by atoms with Gasteiger partial charge in [-0.1, -0.05) is 0 Å². The summed E-state index contributed by atoms with van der Waals surface area (Å²) in [7, 11) is -1.96. The third-order valence-electron chi connectivity index (χ3n) is 1.27. The van der Waals surface area contributed by atoms with Gasteiger partial charge in [-0.15, -0.1) is 0 Å². The van der Waals surface area contributed by atoms with Gasteiger partial charge in [0.1, 0.15) is 5.76 Å². The lowest BCUT2D eigenvalue weighted by atomic mass is 10.4. The molecule has 1 aromatic heterocycles. The molecule has 0 amide bonds. The van der Waals surface area contributed by atoms with E-state index in [-0.39, 0.29) is 5.09 Å². The van der Waals surface area contributed by atoms with E-state index < -0.39 is 10.0 Å². The van der Waals surface area contributed by atoms with E-state index in [0.717, 1.165) is 0 Å². The molecule has 0 aliphatic carbocycles. The molecule has 68 valence electrons. The zero-order chi connectivity index (χ0) is 9.19. The average Bonchev–Trinajstić information content (AvgIpc) is 2.35. The highest BCUT2D eigenvalue weighted by Crippen LogP contribution is 2.11. The molecule has 1 rings (SSSR count). The first-order valence-electron chi connectivity index (χ1n) is 3.30. The number of nitrogens with one attached hydrogen (secondary N) is 1. The fourth-order valence-electron chi connectivity index (χ4n) is 0.780. The Morgan fingerprint density at radius 3 is 2.67 bits per heavy atom. The SMILES string of the molecule is CNCc1ccc(S(N)(=O)=O)o1. The van der Waals surface area contributed by atoms with Gasteiger partial charge < -0.3 is 9.73 Å². The van der Waals surface area contributed by atoms with Crippen molar-refractivity contribution in [1.29, 1.82) is 0 Å². The molecule has 0 fully saturated rings. The molecule has 0 aliphatic heterocycles. The van der Waals surface area contributed by atoms with Crippen LogP contribution in [0.25, 0.3) is 0 Å². The predicted molar refractivity (Wildman–Crippen MR) is 42.8 cm³/mol. The Hall–Kier alpha value is -0.850. The van der Waals surface area contributed by atoms with Gasteiger partial charge in [0.05, 0.1) is 6.54 Å². The van der Waals surface area contributed by atoms with E-state index in [1.807, 2.05) is 0 Å². The van der Waals surface area contributed by atoms with Crippen LogP contribution < -0.4 is 10.5 Å². The van der Waals surface area contributed by atoms with Gasteiger partial charge in [-0.05, 0) is 19.2 Å². The normalized spacial score (nSPS) is 11.8. The van der Waals surface area contributed by atoms with Crippen molar-refractivity contribution in [2.24, 2.45) is 5.14 Å². The van der Waals surface area contributed by atoms with Gasteiger partial charge in [0, 0.05) is 0 Å². The molecule has 3 N–H and O–H groups in total. The van der Waals surface area contributed by atoms with Gasteiger partial charge in [-0.2, -0.15) is 0 Å². The summed E-state index contributed by atoms with van der Waals surface area (Å²) in [6, 6.07) is 2.90. The Morgan fingerprint density at radius 2 is 2.25 bits per heavy atom. The third kappa shape index (κ3) is 2.07. The van der Waals surface area contributed by atoms with Crippen LogP contribution in [0.15, 0.2) is 21.6 Å². The number of primary sulfonamides is 1. The van der Waals surface area contributed by atoms with Gasteiger partial charge in [-0.3, -0.25) is 0 Å². The fourth-order valence-corrected chi connectivity index (χ4v) is 1.26. The largest absolute Gasteiger partial charge is 0.447 e. The summed E-state index contributed by atoms with van der Waals surface area (Å²) in [5.74, 6) is 0.543. The van der Waals surface area contributed by atoms with Gasteiger partial charge in [0.25, 0.3) is 10.0 Å². The Bertz CT molecular complexity index is 355. The minimum absolute atomic E-state index is 0.201. The molecule has 0 unspecified atom stereocenters. The fraction of sp³-hybridized carbons (Fsp3) is 0.333. The van der Waals surface area contributed by atoms with Crippen LogP contribution in [0.5, 0.6) is 0 Å². The minimum Gasteiger partial charge on any atom is -0.447 e. The van der Waals surface area contributed by atoms with Crippen LogP contribution in [0.4, 0.5) is 0 Å². The molecule has 12 heavy (non-hydrogen) atoms. The summed E-state index contributed by atoms with van der Waals surface area (Å²) in [6.45, 7) is 0.482. The smallest absolute Gasteiger partial charge is 0.271 e. The van der Waals surface area contributed by atoms with Crippen LogP contribution in [0.1, 0.15) is 5.76 Å². The van der Waals surface area contributed by atoms with Gasteiger partial charge in [0.15, 0.2) is 0 Å². The third-order valence-corrected chi connectivity index (χ3v) is 2.05. The molecule has 0 radical (unpaired) electrons. The molecule has 0 spiro atoms. The minimum atomic E-state index is -3.69. The van der Waals surface area contributed by atoms with E-state index in [1.165, 1.54) is 6.07 Å². The summed E-state index contributed by atoms with van der Waals surface area (Å²) in [6.07, 6.45) is 0. The number of nitrogens with two attached hydrogens (primary N) is 1. The quantitative estimate of drug-likeness (QED) is 0.682. The number of hydrogen-bond donors (Lipinski definition) is 2. The number of sulfonamides is 1. The molecule has 0 aromatic carbocycles. The van der Waals surface area contributed by atoms with E-state index >= 15 is 0 Å². The summed E-state index contributed by atoms with van der Waals surface area (Å²) < 4.78 is 26.3. The van der Waals surface area contributed by atoms with E-state index in [2.05, 4.69) is 5.32 Å². The monoisotopic (exact) mass is 190 g/mol. The first kappa shape index (κ1) is 9.24. The standard InChI is InChI=1S/C6H10N2O3S/c1-8-4-5-2-3-6(11-5)12(7,9)10/h2-3,8H,4H2,1H3,(H2,7,9,10). The Balaban J connectivity index is 2.92. The van der Waals surface area contributed by atoms with Crippen molar-refractivity contribution >= 4 is 10.0 Å². The highest BCUT2D eigenvalue weighted by atomic mass is 32.2. The maximum absolute atomic E-state index is 10.7. The molecular weight excluding hydrogens is 180 g/mol. The highest BCUT2D eigenvalue weighted by Gasteiger charge is 2.12. The zero-order valence-corrected chi connectivity index (χ0v) is 7.39. The molecule has 0 aliphatic rings. The first-order valence-corrected chi connectivity index (χ1v) is 4.85. The van der Waals surface area contributed by atoms with Crippen LogP contribution in [0.3, 0.4) is 0 Å². The average molecular weight is 190 g/mol. The van der Waals surface area contributed by atoms with Crippen molar-refractivity contribution in [3.05, 3.63) is 17.9 Å². The van der Waals surface area contributed by atoms with E-state index in [4.69, 9.17) is 9.56 Å². The topological polar surface area (TPSA) is 85.3 Å². The van der Waals surface area contributed by atoms with Crippen LogP contribution in [0, 0.1) is 0 Å². The second kappa shape index (κ2) is 3.26. The van der Waals surface area contributed by atoms with Crippen molar-refractivity contribution < 1.29 is 12.8 Å². The van der Waals surface area contributed by atoms with Crippen LogP contribution in [-0.4, -0.2) is 15.5 Å². The first-order chi connectivity index (χ1) is 5.54. The molecule has 1 aromatic rings. The van der Waals surface area contributed by atoms with Crippen LogP contribution >= 0.6 is 0 Å². The lowest BCUT2D eigenvalue weighted by Crippen LogP contribution is -2.11. The van der Waals surface area contributed by atoms with Gasteiger partial charge >= 0.3 is 0 Å². The van der Waals surface area contributed by atoms with Crippen molar-refractivity contribution in [1.82, 2.24) is 5.32 Å². The van der Waals surface area contributed by atoms with Gasteiger partial charge in [-0.25, -0.2) is 13.6 Å². The second-order valence-corrected chi connectivity index (χ2v) is 3.79. The number of furan rings is 1. The van der Waals surface area contributed by atoms with E-state index in [9.17, 15) is 8.42 Å². The summed E-state index contributed by atoms with van der Waals surface area (Å²) in [5, 5.41) is 7.44. The van der Waals surface area contributed by atoms with E-state index in [0.29, 0.717) is 12.3 Å². The molecular formula is C6H10N2O3S. The second-order valence-electron chi connectivity index (χ2n) is 2.30. The lowest BCUT2D eigenvalue weighted by Gasteiger charge is -1.93. The molecule has 0 saturated carbocycles. The Kier molecular flexibility index (Phi) is 2.51. The maximum atomic E-state index is 10.7. The predicted octanol–water partition coefficient (Wildman–Crippen LogP) is -0.354. The summed E-state index contributed by atoms with van der Waals surface area (Å²) >= 11 is 0. The molecule has 0 bridgehead atoms. The summed E-state index contributed by atoms with van der Waals surface area (Å²) in [4.78, 5) is 0. The van der Waals surface area contributed by atoms with Crippen molar-refractivity contribution in [2.45, 2.75) is 11.6 Å². The molecule has 5 nitrogen and oxygen atoms in total. The summed E-state index contributed by atoms with van der Waals surface area (Å²) in [5.41, 5.74) is 0.